The summed E-state index contributed by atoms with van der Waals surface area (Å²) in [6.07, 6.45) is 1.19. The predicted molar refractivity (Wildman–Crippen MR) is 91.6 cm³/mol. The van der Waals surface area contributed by atoms with Crippen molar-refractivity contribution in [2.75, 3.05) is 14.2 Å². The highest BCUT2D eigenvalue weighted by Crippen LogP contribution is 2.37. The molecule has 2 aromatic rings. The molecular formula is C18H21NO6. The molecule has 1 heterocycles. The fourth-order valence-corrected chi connectivity index (χ4v) is 2.47. The van der Waals surface area contributed by atoms with E-state index in [9.17, 15) is 15.0 Å². The van der Waals surface area contributed by atoms with Crippen LogP contribution >= 0.6 is 0 Å². The number of hydrogen-bond acceptors (Lipinski definition) is 7. The smallest absolute Gasteiger partial charge is 0.310 e. The van der Waals surface area contributed by atoms with E-state index in [1.165, 1.54) is 26.4 Å². The number of rotatable bonds is 7. The van der Waals surface area contributed by atoms with Crippen LogP contribution in [-0.4, -0.2) is 36.1 Å². The zero-order valence-corrected chi connectivity index (χ0v) is 14.4. The Balaban J connectivity index is 2.29. The molecule has 0 aliphatic rings. The summed E-state index contributed by atoms with van der Waals surface area (Å²) in [5.41, 5.74) is 1.61. The minimum absolute atomic E-state index is 0.0938. The van der Waals surface area contributed by atoms with E-state index < -0.39 is 5.97 Å². The number of aromatic hydroxyl groups is 2. The standard InChI is InChI=1S/C18H21NO6/c1-11(19-24-3)4-5-14-6-7-16(25-14)18-12(9-17(22)23-2)8-13(20)10-15(18)21/h6-8,10,20-21H,4-5,9H2,1-3H3/b19-11-. The first kappa shape index (κ1) is 18.4. The van der Waals surface area contributed by atoms with Crippen LogP contribution in [0.3, 0.4) is 0 Å². The first-order chi connectivity index (χ1) is 11.9. The molecule has 1 aromatic carbocycles. The van der Waals surface area contributed by atoms with Crippen LogP contribution in [0.1, 0.15) is 24.7 Å². The second-order valence-corrected chi connectivity index (χ2v) is 5.53. The number of phenols is 2. The van der Waals surface area contributed by atoms with E-state index in [0.717, 1.165) is 5.71 Å². The van der Waals surface area contributed by atoms with Gasteiger partial charge in [0.1, 0.15) is 30.1 Å². The largest absolute Gasteiger partial charge is 0.508 e. The van der Waals surface area contributed by atoms with Crippen LogP contribution in [0.5, 0.6) is 11.5 Å². The summed E-state index contributed by atoms with van der Waals surface area (Å²) in [6, 6.07) is 6.12. The number of furan rings is 1. The monoisotopic (exact) mass is 347 g/mol. The minimum atomic E-state index is -0.482. The summed E-state index contributed by atoms with van der Waals surface area (Å²) in [5, 5.41) is 23.7. The fourth-order valence-electron chi connectivity index (χ4n) is 2.47. The molecule has 7 nitrogen and oxygen atoms in total. The lowest BCUT2D eigenvalue weighted by molar-refractivity contribution is -0.139. The van der Waals surface area contributed by atoms with Gasteiger partial charge in [-0.15, -0.1) is 0 Å². The quantitative estimate of drug-likeness (QED) is 0.453. The molecular weight excluding hydrogens is 326 g/mol. The Kier molecular flexibility index (Phi) is 6.05. The van der Waals surface area contributed by atoms with Crippen LogP contribution in [0.25, 0.3) is 11.3 Å². The van der Waals surface area contributed by atoms with Gasteiger partial charge in [0.25, 0.3) is 0 Å². The van der Waals surface area contributed by atoms with Crippen LogP contribution in [0.4, 0.5) is 0 Å². The predicted octanol–water partition coefficient (Wildman–Crippen LogP) is 3.03. The van der Waals surface area contributed by atoms with Crippen LogP contribution < -0.4 is 0 Å². The molecule has 2 N–H and O–H groups in total. The number of phenolic OH excluding ortho intramolecular Hbond substituents is 2. The second kappa shape index (κ2) is 8.23. The normalized spacial score (nSPS) is 11.4. The molecule has 0 radical (unpaired) electrons. The maximum atomic E-state index is 11.6. The number of ether oxygens (including phenoxy) is 1. The van der Waals surface area contributed by atoms with Gasteiger partial charge in [-0.3, -0.25) is 4.79 Å². The molecule has 7 heteroatoms. The second-order valence-electron chi connectivity index (χ2n) is 5.53. The summed E-state index contributed by atoms with van der Waals surface area (Å²) in [7, 11) is 2.77. The van der Waals surface area contributed by atoms with Gasteiger partial charge in [0.15, 0.2) is 0 Å². The van der Waals surface area contributed by atoms with Crippen LogP contribution in [0, 0.1) is 0 Å². The summed E-state index contributed by atoms with van der Waals surface area (Å²) in [6.45, 7) is 1.85. The van der Waals surface area contributed by atoms with Crippen molar-refractivity contribution < 1.29 is 29.0 Å². The number of benzene rings is 1. The number of nitrogens with zero attached hydrogens (tertiary/aromatic N) is 1. The average molecular weight is 347 g/mol. The summed E-state index contributed by atoms with van der Waals surface area (Å²) < 4.78 is 10.4. The minimum Gasteiger partial charge on any atom is -0.508 e. The Bertz CT molecular complexity index is 778. The lowest BCUT2D eigenvalue weighted by atomic mass is 10.0. The van der Waals surface area contributed by atoms with Crippen molar-refractivity contribution in [3.05, 3.63) is 35.6 Å². The molecule has 0 bridgehead atoms. The highest BCUT2D eigenvalue weighted by molar-refractivity contribution is 5.81. The van der Waals surface area contributed by atoms with E-state index in [2.05, 4.69) is 9.89 Å². The van der Waals surface area contributed by atoms with Gasteiger partial charge in [-0.25, -0.2) is 0 Å². The van der Waals surface area contributed by atoms with E-state index in [1.54, 1.807) is 12.1 Å². The third-order valence-corrected chi connectivity index (χ3v) is 3.63. The first-order valence-electron chi connectivity index (χ1n) is 7.72. The van der Waals surface area contributed by atoms with E-state index in [-0.39, 0.29) is 17.9 Å². The van der Waals surface area contributed by atoms with Crippen molar-refractivity contribution in [3.63, 3.8) is 0 Å². The Morgan fingerprint density at radius 2 is 2.00 bits per heavy atom. The molecule has 0 aliphatic heterocycles. The highest BCUT2D eigenvalue weighted by Gasteiger charge is 2.18. The van der Waals surface area contributed by atoms with Crippen molar-refractivity contribution >= 4 is 11.7 Å². The number of hydrogen-bond donors (Lipinski definition) is 2. The van der Waals surface area contributed by atoms with Gasteiger partial charge in [-0.1, -0.05) is 5.16 Å². The lowest BCUT2D eigenvalue weighted by Crippen LogP contribution is -2.05. The maximum absolute atomic E-state index is 11.6. The summed E-state index contributed by atoms with van der Waals surface area (Å²) in [4.78, 5) is 16.3. The first-order valence-corrected chi connectivity index (χ1v) is 7.72. The number of carbonyl (C=O) groups excluding carboxylic acids is 1. The molecule has 2 rings (SSSR count). The van der Waals surface area contributed by atoms with Gasteiger partial charge >= 0.3 is 5.97 Å². The number of aryl methyl sites for hydroxylation is 1. The van der Waals surface area contributed by atoms with Gasteiger partial charge in [-0.2, -0.15) is 0 Å². The molecule has 25 heavy (non-hydrogen) atoms. The highest BCUT2D eigenvalue weighted by atomic mass is 16.6. The molecule has 1 aromatic heterocycles. The molecule has 0 spiro atoms. The van der Waals surface area contributed by atoms with E-state index in [0.29, 0.717) is 35.5 Å². The van der Waals surface area contributed by atoms with Crippen molar-refractivity contribution in [3.8, 4) is 22.8 Å². The van der Waals surface area contributed by atoms with Crippen molar-refractivity contribution in [1.29, 1.82) is 0 Å². The molecule has 0 saturated carbocycles. The SMILES string of the molecule is CO/N=C(/C)CCc1ccc(-c2c(O)cc(O)cc2CC(=O)OC)o1. The third kappa shape index (κ3) is 4.76. The molecule has 134 valence electrons. The van der Waals surface area contributed by atoms with Crippen molar-refractivity contribution in [2.45, 2.75) is 26.2 Å². The Hall–Kier alpha value is -2.96. The topological polar surface area (TPSA) is 101 Å². The van der Waals surface area contributed by atoms with Crippen molar-refractivity contribution in [1.82, 2.24) is 0 Å². The van der Waals surface area contributed by atoms with Gasteiger partial charge < -0.3 is 24.2 Å². The van der Waals surface area contributed by atoms with Crippen molar-refractivity contribution in [2.24, 2.45) is 5.16 Å². The summed E-state index contributed by atoms with van der Waals surface area (Å²) in [5.74, 6) is 0.324. The zero-order valence-electron chi connectivity index (χ0n) is 14.4. The fraction of sp³-hybridized carbons (Fsp3) is 0.333. The maximum Gasteiger partial charge on any atom is 0.310 e. The van der Waals surface area contributed by atoms with Crippen LogP contribution in [0.2, 0.25) is 0 Å². The Morgan fingerprint density at radius 1 is 1.24 bits per heavy atom. The lowest BCUT2D eigenvalue weighted by Gasteiger charge is -2.10. The zero-order chi connectivity index (χ0) is 18.4. The number of oxime groups is 1. The molecule has 0 unspecified atom stereocenters. The molecule has 0 saturated heterocycles. The van der Waals surface area contributed by atoms with Crippen LogP contribution in [-0.2, 0) is 27.2 Å². The van der Waals surface area contributed by atoms with E-state index in [4.69, 9.17) is 9.25 Å². The molecule has 0 fully saturated rings. The van der Waals surface area contributed by atoms with Gasteiger partial charge in [0, 0.05) is 12.5 Å². The van der Waals surface area contributed by atoms with Gasteiger partial charge in [0.2, 0.25) is 0 Å². The number of esters is 1. The number of carbonyl (C=O) groups is 1. The summed E-state index contributed by atoms with van der Waals surface area (Å²) >= 11 is 0. The average Bonchev–Trinajstić information content (AvgIpc) is 3.01. The third-order valence-electron chi connectivity index (χ3n) is 3.63. The number of methoxy groups -OCH3 is 1. The van der Waals surface area contributed by atoms with E-state index in [1.807, 2.05) is 6.92 Å². The molecule has 0 amide bonds. The van der Waals surface area contributed by atoms with Gasteiger partial charge in [0.05, 0.1) is 24.8 Å². The Morgan fingerprint density at radius 3 is 2.68 bits per heavy atom. The molecule has 0 atom stereocenters. The van der Waals surface area contributed by atoms with E-state index >= 15 is 0 Å². The Labute approximate surface area is 145 Å². The molecule has 0 aliphatic carbocycles. The van der Waals surface area contributed by atoms with Gasteiger partial charge in [-0.05, 0) is 37.1 Å². The van der Waals surface area contributed by atoms with Crippen LogP contribution in [0.15, 0.2) is 33.8 Å².